The highest BCUT2D eigenvalue weighted by Crippen LogP contribution is 2.24. The van der Waals surface area contributed by atoms with Crippen molar-refractivity contribution < 1.29 is 28.7 Å². The molecule has 10 nitrogen and oxygen atoms in total. The van der Waals surface area contributed by atoms with Crippen molar-refractivity contribution >= 4 is 45.1 Å². The molecule has 2 rings (SSSR count). The SMILES string of the molecule is COC(=O)CC(CSSCC(NCCC(=O)c1ccc(C#N)cc1)C(=O)OC)NCCC(=O)c1ccc(C#N)cc1. The van der Waals surface area contributed by atoms with Crippen molar-refractivity contribution in [2.45, 2.75) is 31.3 Å². The normalized spacial score (nSPS) is 11.9. The van der Waals surface area contributed by atoms with E-state index in [9.17, 15) is 19.2 Å². The first-order valence-electron chi connectivity index (χ1n) is 12.7. The van der Waals surface area contributed by atoms with Crippen LogP contribution in [0.3, 0.4) is 0 Å². The first-order valence-corrected chi connectivity index (χ1v) is 15.2. The highest BCUT2D eigenvalue weighted by molar-refractivity contribution is 8.76. The Morgan fingerprint density at radius 1 is 0.756 bits per heavy atom. The third kappa shape index (κ3) is 12.2. The van der Waals surface area contributed by atoms with Crippen LogP contribution in [0.4, 0.5) is 0 Å². The first-order chi connectivity index (χ1) is 19.8. The monoisotopic (exact) mass is 596 g/mol. The average molecular weight is 597 g/mol. The summed E-state index contributed by atoms with van der Waals surface area (Å²) in [5.41, 5.74) is 1.96. The molecule has 0 aliphatic heterocycles. The molecule has 0 heterocycles. The Morgan fingerprint density at radius 3 is 1.71 bits per heavy atom. The lowest BCUT2D eigenvalue weighted by Gasteiger charge is -2.18. The van der Waals surface area contributed by atoms with E-state index in [0.717, 1.165) is 0 Å². The van der Waals surface area contributed by atoms with Gasteiger partial charge in [-0.25, -0.2) is 0 Å². The summed E-state index contributed by atoms with van der Waals surface area (Å²) in [6.07, 6.45) is 0.506. The average Bonchev–Trinajstić information content (AvgIpc) is 3.01. The summed E-state index contributed by atoms with van der Waals surface area (Å²) in [6, 6.07) is 15.9. The maximum atomic E-state index is 12.5. The van der Waals surface area contributed by atoms with Gasteiger partial charge >= 0.3 is 11.9 Å². The zero-order valence-corrected chi connectivity index (χ0v) is 24.5. The maximum Gasteiger partial charge on any atom is 0.323 e. The number of carbonyl (C=O) groups is 4. The summed E-state index contributed by atoms with van der Waals surface area (Å²) in [7, 11) is 5.49. The Hall–Kier alpha value is -3.68. The lowest BCUT2D eigenvalue weighted by Crippen LogP contribution is -2.40. The van der Waals surface area contributed by atoms with Crippen LogP contribution in [0.5, 0.6) is 0 Å². The maximum absolute atomic E-state index is 12.5. The molecule has 2 unspecified atom stereocenters. The number of rotatable bonds is 18. The summed E-state index contributed by atoms with van der Waals surface area (Å²) in [6.45, 7) is 0.620. The minimum atomic E-state index is -0.636. The van der Waals surface area contributed by atoms with Gasteiger partial charge in [0.25, 0.3) is 0 Å². The van der Waals surface area contributed by atoms with E-state index < -0.39 is 12.0 Å². The third-order valence-corrected chi connectivity index (χ3v) is 8.40. The van der Waals surface area contributed by atoms with Crippen molar-refractivity contribution in [2.24, 2.45) is 0 Å². The number of hydrogen-bond donors (Lipinski definition) is 2. The van der Waals surface area contributed by atoms with Crippen molar-refractivity contribution in [1.29, 1.82) is 10.5 Å². The number of nitrogens with zero attached hydrogens (tertiary/aromatic N) is 2. The molecule has 0 aliphatic rings. The second-order valence-corrected chi connectivity index (χ2v) is 11.3. The molecule has 0 aliphatic carbocycles. The number of benzene rings is 2. The van der Waals surface area contributed by atoms with E-state index in [4.69, 9.17) is 20.0 Å². The summed E-state index contributed by atoms with van der Waals surface area (Å²) >= 11 is 0. The van der Waals surface area contributed by atoms with Crippen LogP contribution < -0.4 is 10.6 Å². The van der Waals surface area contributed by atoms with Crippen LogP contribution in [0.1, 0.15) is 51.1 Å². The molecule has 0 fully saturated rings. The second kappa shape index (κ2) is 18.6. The molecule has 0 aromatic heterocycles. The highest BCUT2D eigenvalue weighted by atomic mass is 33.1. The molecule has 12 heteroatoms. The van der Waals surface area contributed by atoms with Crippen LogP contribution in [0.25, 0.3) is 0 Å². The van der Waals surface area contributed by atoms with Crippen LogP contribution in [0, 0.1) is 22.7 Å². The summed E-state index contributed by atoms with van der Waals surface area (Å²) in [4.78, 5) is 49.0. The van der Waals surface area contributed by atoms with Gasteiger partial charge in [0.2, 0.25) is 0 Å². The zero-order valence-electron chi connectivity index (χ0n) is 22.9. The second-order valence-electron chi connectivity index (χ2n) is 8.75. The Balaban J connectivity index is 1.80. The van der Waals surface area contributed by atoms with Crippen LogP contribution in [0.2, 0.25) is 0 Å². The molecule has 2 atom stereocenters. The van der Waals surface area contributed by atoms with Crippen LogP contribution in [-0.4, -0.2) is 74.4 Å². The van der Waals surface area contributed by atoms with Crippen molar-refractivity contribution in [3.63, 3.8) is 0 Å². The van der Waals surface area contributed by atoms with Gasteiger partial charge in [-0.2, -0.15) is 10.5 Å². The lowest BCUT2D eigenvalue weighted by molar-refractivity contribution is -0.142. The predicted molar refractivity (Wildman–Crippen MR) is 157 cm³/mol. The van der Waals surface area contributed by atoms with Gasteiger partial charge in [0, 0.05) is 54.6 Å². The smallest absolute Gasteiger partial charge is 0.323 e. The van der Waals surface area contributed by atoms with Crippen molar-refractivity contribution in [3.05, 3.63) is 70.8 Å². The number of methoxy groups -OCH3 is 2. The van der Waals surface area contributed by atoms with Crippen molar-refractivity contribution in [1.82, 2.24) is 10.6 Å². The predicted octanol–water partition coefficient (Wildman–Crippen LogP) is 3.31. The van der Waals surface area contributed by atoms with Crippen molar-refractivity contribution in [2.75, 3.05) is 38.8 Å². The molecule has 0 amide bonds. The number of hydrogen-bond acceptors (Lipinski definition) is 12. The molecule has 0 spiro atoms. The molecule has 0 radical (unpaired) electrons. The minimum absolute atomic E-state index is 0.0782. The van der Waals surface area contributed by atoms with Gasteiger partial charge in [0.1, 0.15) is 6.04 Å². The number of ether oxygens (including phenoxy) is 2. The molecule has 216 valence electrons. The lowest BCUT2D eigenvalue weighted by atomic mass is 10.1. The van der Waals surface area contributed by atoms with Gasteiger partial charge in [-0.15, -0.1) is 0 Å². The summed E-state index contributed by atoms with van der Waals surface area (Å²) in [5.74, 6) is -0.144. The van der Waals surface area contributed by atoms with E-state index in [2.05, 4.69) is 10.6 Å². The van der Waals surface area contributed by atoms with Crippen molar-refractivity contribution in [3.8, 4) is 12.1 Å². The Morgan fingerprint density at radius 2 is 1.24 bits per heavy atom. The number of esters is 2. The van der Waals surface area contributed by atoms with Gasteiger partial charge in [-0.1, -0.05) is 45.9 Å². The van der Waals surface area contributed by atoms with E-state index in [1.54, 1.807) is 48.5 Å². The van der Waals surface area contributed by atoms with E-state index in [-0.39, 0.29) is 49.4 Å². The number of carbonyl (C=O) groups excluding carboxylic acids is 4. The number of nitrogens with one attached hydrogen (secondary N) is 2. The van der Waals surface area contributed by atoms with Crippen LogP contribution in [-0.2, 0) is 19.1 Å². The third-order valence-electron chi connectivity index (χ3n) is 5.91. The molecular formula is C29H32N4O6S2. The first kappa shape index (κ1) is 33.5. The van der Waals surface area contributed by atoms with Crippen LogP contribution in [0.15, 0.2) is 48.5 Å². The summed E-state index contributed by atoms with van der Waals surface area (Å²) in [5, 5.41) is 24.1. The molecule has 2 N–H and O–H groups in total. The number of nitriles is 2. The number of ketones is 2. The molecule has 2 aromatic carbocycles. The van der Waals surface area contributed by atoms with Gasteiger partial charge < -0.3 is 20.1 Å². The van der Waals surface area contributed by atoms with Gasteiger partial charge in [-0.3, -0.25) is 19.2 Å². The topological polar surface area (TPSA) is 158 Å². The number of Topliss-reactive ketones (excluding diaryl/α,β-unsaturated/α-hetero) is 2. The Kier molecular flexibility index (Phi) is 15.2. The van der Waals surface area contributed by atoms with E-state index in [1.165, 1.54) is 35.8 Å². The Bertz CT molecular complexity index is 1260. The zero-order chi connectivity index (χ0) is 30.0. The molecule has 0 saturated heterocycles. The van der Waals surface area contributed by atoms with Crippen LogP contribution >= 0.6 is 21.6 Å². The van der Waals surface area contributed by atoms with Gasteiger partial charge in [0.15, 0.2) is 11.6 Å². The fourth-order valence-electron chi connectivity index (χ4n) is 3.57. The standard InChI is InChI=1S/C29H32N4O6S2/c1-38-28(36)15-24(32-13-11-26(34)22-7-3-20(16-30)4-8-22)18-40-41-19-25(29(37)39-2)33-14-12-27(35)23-9-5-21(17-31)6-10-23/h3-10,24-25,32-33H,11-15,18-19H2,1-2H3. The molecular weight excluding hydrogens is 564 g/mol. The van der Waals surface area contributed by atoms with E-state index >= 15 is 0 Å². The summed E-state index contributed by atoms with van der Waals surface area (Å²) < 4.78 is 9.69. The highest BCUT2D eigenvalue weighted by Gasteiger charge is 2.21. The van der Waals surface area contributed by atoms with Gasteiger partial charge in [-0.05, 0) is 24.3 Å². The minimum Gasteiger partial charge on any atom is -0.469 e. The molecule has 41 heavy (non-hydrogen) atoms. The Labute approximate surface area is 247 Å². The quantitative estimate of drug-likeness (QED) is 0.112. The van der Waals surface area contributed by atoms with Gasteiger partial charge in [0.05, 0.1) is 43.9 Å². The largest absolute Gasteiger partial charge is 0.469 e. The fourth-order valence-corrected chi connectivity index (χ4v) is 6.03. The van der Waals surface area contributed by atoms with E-state index in [1.807, 2.05) is 12.1 Å². The fraction of sp³-hybridized carbons (Fsp3) is 0.379. The molecule has 0 saturated carbocycles. The molecule has 0 bridgehead atoms. The molecule has 2 aromatic rings. The van der Waals surface area contributed by atoms with E-state index in [0.29, 0.717) is 40.3 Å².